The summed E-state index contributed by atoms with van der Waals surface area (Å²) in [5.74, 6) is 0. The summed E-state index contributed by atoms with van der Waals surface area (Å²) >= 11 is 0. The molecule has 0 fully saturated rings. The minimum Gasteiger partial charge on any atom is -0.376 e. The van der Waals surface area contributed by atoms with E-state index < -0.39 is 0 Å². The largest absolute Gasteiger partial charge is 0.376 e. The van der Waals surface area contributed by atoms with E-state index in [-0.39, 0.29) is 0 Å². The summed E-state index contributed by atoms with van der Waals surface area (Å²) in [6.45, 7) is 10.2. The Morgan fingerprint density at radius 2 is 0.526 bits per heavy atom. The zero-order valence-electron chi connectivity index (χ0n) is 44.6. The van der Waals surface area contributed by atoms with Crippen LogP contribution in [0.25, 0.3) is 34.4 Å². The Labute approximate surface area is 462 Å². The van der Waals surface area contributed by atoms with E-state index in [2.05, 4.69) is 278 Å². The van der Waals surface area contributed by atoms with Gasteiger partial charge in [0.15, 0.2) is 0 Å². The molecule has 10 rings (SSSR count). The summed E-state index contributed by atoms with van der Waals surface area (Å²) in [4.78, 5) is 4.71. The Morgan fingerprint density at radius 1 is 0.269 bits per heavy atom. The molecule has 0 atom stereocenters. The second kappa shape index (κ2) is 26.8. The Balaban J connectivity index is 0.769. The molecule has 0 aliphatic rings. The lowest BCUT2D eigenvalue weighted by Crippen LogP contribution is -2.10. The number of rotatable bonds is 25. The summed E-state index contributed by atoms with van der Waals surface area (Å²) in [7, 11) is 0. The third kappa shape index (κ3) is 14.2. The van der Waals surface area contributed by atoms with Crippen molar-refractivity contribution in [2.75, 3.05) is 23.0 Å². The lowest BCUT2D eigenvalue weighted by molar-refractivity contribution is 0.124. The van der Waals surface area contributed by atoms with Crippen LogP contribution in [0.5, 0.6) is 0 Å². The fourth-order valence-corrected chi connectivity index (χ4v) is 9.93. The zero-order chi connectivity index (χ0) is 53.1. The molecular weight excluding hydrogens is 949 g/mol. The quantitative estimate of drug-likeness (QED) is 0.0533. The average Bonchev–Trinajstić information content (AvgIpc) is 3.51. The third-order valence-corrected chi connectivity index (χ3v) is 14.5. The van der Waals surface area contributed by atoms with Crippen molar-refractivity contribution in [1.29, 1.82) is 0 Å². The average molecular weight is 1020 g/mol. The number of anilines is 6. The zero-order valence-corrected chi connectivity index (χ0v) is 44.6. The van der Waals surface area contributed by atoms with Crippen molar-refractivity contribution in [2.45, 2.75) is 51.7 Å². The number of hydrogen-bond donors (Lipinski definition) is 0. The minimum atomic E-state index is 0.599. The number of unbranched alkanes of at least 4 members (excludes halogenated alkanes) is 1. The summed E-state index contributed by atoms with van der Waals surface area (Å²) in [5.41, 5.74) is 21.3. The maximum Gasteiger partial charge on any atom is 0.0717 e. The molecule has 10 aromatic carbocycles. The van der Waals surface area contributed by atoms with Crippen LogP contribution in [0, 0.1) is 0 Å². The molecule has 4 nitrogen and oxygen atoms in total. The molecule has 0 aliphatic carbocycles. The van der Waals surface area contributed by atoms with Gasteiger partial charge >= 0.3 is 0 Å². The molecule has 0 spiro atoms. The van der Waals surface area contributed by atoms with Crippen molar-refractivity contribution in [3.8, 4) is 22.3 Å². The smallest absolute Gasteiger partial charge is 0.0717 e. The maximum absolute atomic E-state index is 6.07. The van der Waals surface area contributed by atoms with Crippen LogP contribution in [0.3, 0.4) is 0 Å². The predicted octanol–water partition coefficient (Wildman–Crippen LogP) is 19.3. The van der Waals surface area contributed by atoms with E-state index >= 15 is 0 Å². The first-order valence-electron chi connectivity index (χ1n) is 27.4. The molecule has 0 amide bonds. The first kappa shape index (κ1) is 52.6. The van der Waals surface area contributed by atoms with Crippen molar-refractivity contribution < 1.29 is 9.47 Å². The highest BCUT2D eigenvalue weighted by molar-refractivity contribution is 5.80. The lowest BCUT2D eigenvalue weighted by atomic mass is 10.0. The molecular formula is C74H68N2O2. The molecule has 4 heteroatoms. The summed E-state index contributed by atoms with van der Waals surface area (Å²) in [6.07, 6.45) is 9.70. The summed E-state index contributed by atoms with van der Waals surface area (Å²) in [5, 5.41) is 0. The first-order chi connectivity index (χ1) is 38.5. The monoisotopic (exact) mass is 1020 g/mol. The van der Waals surface area contributed by atoms with Gasteiger partial charge in [0.05, 0.1) is 26.4 Å². The van der Waals surface area contributed by atoms with Crippen LogP contribution in [0.2, 0.25) is 0 Å². The Kier molecular flexibility index (Phi) is 18.1. The molecule has 0 aliphatic heterocycles. The molecule has 0 N–H and O–H groups in total. The van der Waals surface area contributed by atoms with Gasteiger partial charge in [-0.3, -0.25) is 0 Å². The number of nitrogens with zero attached hydrogens (tertiary/aromatic N) is 2. The third-order valence-electron chi connectivity index (χ3n) is 14.5. The van der Waals surface area contributed by atoms with Crippen LogP contribution in [-0.4, -0.2) is 13.2 Å². The van der Waals surface area contributed by atoms with Crippen LogP contribution >= 0.6 is 0 Å². The van der Waals surface area contributed by atoms with Gasteiger partial charge in [-0.05, 0) is 178 Å². The fraction of sp³-hybridized carbons (Fsp3) is 0.135. The number of aryl methyl sites for hydroxylation is 2. The van der Waals surface area contributed by atoms with Crippen LogP contribution in [0.4, 0.5) is 34.1 Å². The number of ether oxygens (including phenoxy) is 2. The van der Waals surface area contributed by atoms with E-state index in [0.29, 0.717) is 26.4 Å². The van der Waals surface area contributed by atoms with E-state index in [1.54, 1.807) is 0 Å². The topological polar surface area (TPSA) is 24.9 Å². The van der Waals surface area contributed by atoms with Crippen LogP contribution < -0.4 is 9.80 Å². The van der Waals surface area contributed by atoms with Gasteiger partial charge in [-0.1, -0.05) is 207 Å². The van der Waals surface area contributed by atoms with Gasteiger partial charge in [-0.15, -0.1) is 0 Å². The van der Waals surface area contributed by atoms with E-state index in [4.69, 9.17) is 9.47 Å². The molecule has 386 valence electrons. The second-order valence-corrected chi connectivity index (χ2v) is 19.9. The van der Waals surface area contributed by atoms with E-state index in [0.717, 1.165) is 83.8 Å². The molecule has 0 unspecified atom stereocenters. The Hall–Kier alpha value is -8.80. The van der Waals surface area contributed by atoms with Crippen LogP contribution in [-0.2, 0) is 48.4 Å². The van der Waals surface area contributed by atoms with Crippen molar-refractivity contribution >= 4 is 46.3 Å². The fourth-order valence-electron chi connectivity index (χ4n) is 9.93. The van der Waals surface area contributed by atoms with Crippen LogP contribution in [0.1, 0.15) is 57.3 Å². The molecule has 78 heavy (non-hydrogen) atoms. The van der Waals surface area contributed by atoms with Crippen molar-refractivity contribution in [3.05, 3.63) is 312 Å². The van der Waals surface area contributed by atoms with E-state index in [9.17, 15) is 0 Å². The van der Waals surface area contributed by atoms with Gasteiger partial charge in [-0.2, -0.15) is 0 Å². The predicted molar refractivity (Wildman–Crippen MR) is 330 cm³/mol. The molecule has 10 aromatic rings. The van der Waals surface area contributed by atoms with E-state index in [1.165, 1.54) is 55.6 Å². The molecule has 0 saturated carbocycles. The highest BCUT2D eigenvalue weighted by atomic mass is 16.5. The molecule has 0 radical (unpaired) electrons. The van der Waals surface area contributed by atoms with Crippen molar-refractivity contribution in [2.24, 2.45) is 0 Å². The summed E-state index contributed by atoms with van der Waals surface area (Å²) in [6, 6.07) is 91.9. The normalized spacial score (nSPS) is 11.0. The van der Waals surface area contributed by atoms with Gasteiger partial charge in [0.2, 0.25) is 0 Å². The molecule has 0 saturated heterocycles. The highest BCUT2D eigenvalue weighted by Gasteiger charge is 2.16. The van der Waals surface area contributed by atoms with E-state index in [1.807, 2.05) is 12.2 Å². The standard InChI is InChI=1S/C74H68N2O2/c1-3-57-19-23-63(24-20-57)55-77-53-51-61-31-43-71(44-32-61)75(73-47-35-67(36-48-73)65-15-7-5-8-16-65)69-39-27-59(28-40-69)13-11-12-14-60-29-41-70(42-30-60)76(74-49-37-68(38-50-74)66-17-9-6-10-18-66)72-45-33-62(34-46-72)52-54-78-56-64-25-21-58(4-2)22-26-64/h3-10,15-50H,1-2,11-14,51-56H2. The minimum absolute atomic E-state index is 0.599. The van der Waals surface area contributed by atoms with Gasteiger partial charge in [0, 0.05) is 34.1 Å². The van der Waals surface area contributed by atoms with Gasteiger partial charge in [0.25, 0.3) is 0 Å². The van der Waals surface area contributed by atoms with Crippen molar-refractivity contribution in [1.82, 2.24) is 0 Å². The van der Waals surface area contributed by atoms with Gasteiger partial charge < -0.3 is 19.3 Å². The SMILES string of the molecule is C=Cc1ccc(COCCc2ccc(N(c3ccc(CCCCc4ccc(N(c5ccc(CCOCc6ccc(C=C)cc6)cc5)c5ccc(-c6ccccc6)cc5)cc4)cc3)c3ccc(-c4ccccc4)cc3)cc2)cc1. The Bertz CT molecular complexity index is 3170. The molecule has 0 bridgehead atoms. The summed E-state index contributed by atoms with van der Waals surface area (Å²) < 4.78 is 12.1. The second-order valence-electron chi connectivity index (χ2n) is 19.9. The number of benzene rings is 10. The van der Waals surface area contributed by atoms with Crippen molar-refractivity contribution in [3.63, 3.8) is 0 Å². The molecule has 0 heterocycles. The number of hydrogen-bond acceptors (Lipinski definition) is 4. The first-order valence-corrected chi connectivity index (χ1v) is 27.4. The van der Waals surface area contributed by atoms with Crippen LogP contribution in [0.15, 0.2) is 268 Å². The van der Waals surface area contributed by atoms with Gasteiger partial charge in [-0.25, -0.2) is 0 Å². The van der Waals surface area contributed by atoms with Gasteiger partial charge in [0.1, 0.15) is 0 Å². The Morgan fingerprint density at radius 3 is 0.821 bits per heavy atom. The molecule has 0 aromatic heterocycles. The highest BCUT2D eigenvalue weighted by Crippen LogP contribution is 2.38. The maximum atomic E-state index is 6.07. The lowest BCUT2D eigenvalue weighted by Gasteiger charge is -2.26.